The van der Waals surface area contributed by atoms with Gasteiger partial charge in [0.15, 0.2) is 0 Å². The number of hydrogen-bond donors (Lipinski definition) is 3. The lowest BCUT2D eigenvalue weighted by atomic mass is 9.85. The average Bonchev–Trinajstić information content (AvgIpc) is 2.86. The van der Waals surface area contributed by atoms with E-state index in [-0.39, 0.29) is 0 Å². The first-order chi connectivity index (χ1) is 8.38. The van der Waals surface area contributed by atoms with Gasteiger partial charge in [-0.2, -0.15) is 0 Å². The molecule has 2 atom stereocenters. The van der Waals surface area contributed by atoms with Crippen molar-refractivity contribution in [1.82, 2.24) is 15.3 Å². The van der Waals surface area contributed by atoms with E-state index in [2.05, 4.69) is 15.3 Å². The van der Waals surface area contributed by atoms with Crippen molar-refractivity contribution < 1.29 is 4.74 Å². The number of aromatic amines is 1. The molecule has 0 radical (unpaired) electrons. The molecule has 0 aromatic carbocycles. The van der Waals surface area contributed by atoms with Crippen LogP contribution in [0.3, 0.4) is 0 Å². The Balaban J connectivity index is 1.83. The fourth-order valence-corrected chi connectivity index (χ4v) is 2.96. The SMILES string of the molecule is NCC1Cc2[nH]cnc2C(C2CCOCC2)N1. The third kappa shape index (κ3) is 2.10. The minimum atomic E-state index is 0.349. The Morgan fingerprint density at radius 1 is 1.41 bits per heavy atom. The monoisotopic (exact) mass is 236 g/mol. The molecular weight excluding hydrogens is 216 g/mol. The second kappa shape index (κ2) is 4.76. The van der Waals surface area contributed by atoms with Crippen molar-refractivity contribution in [3.05, 3.63) is 17.7 Å². The molecule has 2 aliphatic rings. The normalized spacial score (nSPS) is 30.2. The smallest absolute Gasteiger partial charge is 0.0925 e. The van der Waals surface area contributed by atoms with Crippen molar-refractivity contribution in [3.63, 3.8) is 0 Å². The molecule has 0 spiro atoms. The van der Waals surface area contributed by atoms with Crippen molar-refractivity contribution in [2.75, 3.05) is 19.8 Å². The first-order valence-electron chi connectivity index (χ1n) is 6.44. The number of fused-ring (bicyclic) bond motifs is 1. The summed E-state index contributed by atoms with van der Waals surface area (Å²) in [6, 6.07) is 0.721. The Hall–Kier alpha value is -0.910. The van der Waals surface area contributed by atoms with E-state index in [4.69, 9.17) is 10.5 Å². The molecule has 2 aliphatic heterocycles. The lowest BCUT2D eigenvalue weighted by molar-refractivity contribution is 0.0500. The first kappa shape index (κ1) is 11.2. The van der Waals surface area contributed by atoms with Crippen molar-refractivity contribution in [2.24, 2.45) is 11.7 Å². The van der Waals surface area contributed by atoms with Crippen LogP contribution >= 0.6 is 0 Å². The van der Waals surface area contributed by atoms with Gasteiger partial charge in [0, 0.05) is 37.9 Å². The van der Waals surface area contributed by atoms with E-state index in [0.717, 1.165) is 32.5 Å². The van der Waals surface area contributed by atoms with Crippen LogP contribution in [-0.2, 0) is 11.2 Å². The van der Waals surface area contributed by atoms with Crippen LogP contribution in [0.4, 0.5) is 0 Å². The molecule has 5 heteroatoms. The largest absolute Gasteiger partial charge is 0.381 e. The predicted octanol–water partition coefficient (Wildman–Crippen LogP) is 0.350. The number of hydrogen-bond acceptors (Lipinski definition) is 4. The molecule has 0 bridgehead atoms. The second-order valence-corrected chi connectivity index (χ2v) is 5.00. The molecule has 94 valence electrons. The molecule has 1 aromatic rings. The molecule has 0 amide bonds. The van der Waals surface area contributed by atoms with E-state index in [9.17, 15) is 0 Å². The fourth-order valence-electron chi connectivity index (χ4n) is 2.96. The third-order valence-electron chi connectivity index (χ3n) is 3.93. The van der Waals surface area contributed by atoms with Gasteiger partial charge >= 0.3 is 0 Å². The van der Waals surface area contributed by atoms with Gasteiger partial charge in [0.25, 0.3) is 0 Å². The van der Waals surface area contributed by atoms with Gasteiger partial charge in [-0.1, -0.05) is 0 Å². The zero-order valence-electron chi connectivity index (χ0n) is 9.98. The van der Waals surface area contributed by atoms with Gasteiger partial charge in [-0.25, -0.2) is 4.98 Å². The van der Waals surface area contributed by atoms with Crippen molar-refractivity contribution in [2.45, 2.75) is 31.3 Å². The Bertz CT molecular complexity index is 372. The number of ether oxygens (including phenoxy) is 1. The topological polar surface area (TPSA) is 76.0 Å². The summed E-state index contributed by atoms with van der Waals surface area (Å²) in [4.78, 5) is 7.74. The molecule has 2 unspecified atom stereocenters. The number of rotatable bonds is 2. The highest BCUT2D eigenvalue weighted by atomic mass is 16.5. The maximum atomic E-state index is 5.80. The summed E-state index contributed by atoms with van der Waals surface area (Å²) in [5.74, 6) is 0.625. The van der Waals surface area contributed by atoms with Crippen LogP contribution < -0.4 is 11.1 Å². The van der Waals surface area contributed by atoms with E-state index in [1.165, 1.54) is 11.4 Å². The maximum absolute atomic E-state index is 5.80. The molecular formula is C12H20N4O. The number of nitrogens with two attached hydrogens (primary N) is 1. The lowest BCUT2D eigenvalue weighted by Crippen LogP contribution is -2.47. The van der Waals surface area contributed by atoms with E-state index < -0.39 is 0 Å². The molecule has 0 aliphatic carbocycles. The highest BCUT2D eigenvalue weighted by molar-refractivity contribution is 5.22. The quantitative estimate of drug-likeness (QED) is 0.692. The van der Waals surface area contributed by atoms with Crippen LogP contribution in [0.25, 0.3) is 0 Å². The summed E-state index contributed by atoms with van der Waals surface area (Å²) in [5.41, 5.74) is 8.26. The van der Waals surface area contributed by atoms with Crippen molar-refractivity contribution >= 4 is 0 Å². The maximum Gasteiger partial charge on any atom is 0.0925 e. The summed E-state index contributed by atoms with van der Waals surface area (Å²) in [6.07, 6.45) is 4.99. The summed E-state index contributed by atoms with van der Waals surface area (Å²) < 4.78 is 5.43. The molecule has 0 saturated carbocycles. The standard InChI is InChI=1S/C12H20N4O/c13-6-9-5-10-12(15-7-14-10)11(16-9)8-1-3-17-4-2-8/h7-9,11,16H,1-6,13H2,(H,14,15). The summed E-state index contributed by atoms with van der Waals surface area (Å²) >= 11 is 0. The van der Waals surface area contributed by atoms with Crippen LogP contribution in [0, 0.1) is 5.92 Å². The van der Waals surface area contributed by atoms with Crippen LogP contribution in [0.1, 0.15) is 30.3 Å². The van der Waals surface area contributed by atoms with E-state index in [0.29, 0.717) is 24.5 Å². The van der Waals surface area contributed by atoms with Crippen LogP contribution in [0.5, 0.6) is 0 Å². The average molecular weight is 236 g/mol. The second-order valence-electron chi connectivity index (χ2n) is 5.00. The number of aromatic nitrogens is 2. The first-order valence-corrected chi connectivity index (χ1v) is 6.44. The number of nitrogens with zero attached hydrogens (tertiary/aromatic N) is 1. The molecule has 1 saturated heterocycles. The fraction of sp³-hybridized carbons (Fsp3) is 0.750. The van der Waals surface area contributed by atoms with Gasteiger partial charge < -0.3 is 20.8 Å². The molecule has 17 heavy (non-hydrogen) atoms. The summed E-state index contributed by atoms with van der Waals surface area (Å²) in [5, 5.41) is 3.65. The van der Waals surface area contributed by atoms with E-state index in [1.807, 2.05) is 0 Å². The van der Waals surface area contributed by atoms with Gasteiger partial charge in [0.2, 0.25) is 0 Å². The molecule has 4 N–H and O–H groups in total. The lowest BCUT2D eigenvalue weighted by Gasteiger charge is -2.36. The number of nitrogens with one attached hydrogen (secondary N) is 2. The van der Waals surface area contributed by atoms with E-state index >= 15 is 0 Å². The summed E-state index contributed by atoms with van der Waals surface area (Å²) in [6.45, 7) is 2.42. The molecule has 1 fully saturated rings. The number of H-pyrrole nitrogens is 1. The third-order valence-corrected chi connectivity index (χ3v) is 3.93. The van der Waals surface area contributed by atoms with Gasteiger partial charge in [-0.15, -0.1) is 0 Å². The Labute approximate surface area is 101 Å². The predicted molar refractivity (Wildman–Crippen MR) is 64.6 cm³/mol. The Morgan fingerprint density at radius 3 is 3.00 bits per heavy atom. The zero-order valence-corrected chi connectivity index (χ0v) is 9.98. The van der Waals surface area contributed by atoms with Crippen LogP contribution in [-0.4, -0.2) is 35.8 Å². The molecule has 3 rings (SSSR count). The van der Waals surface area contributed by atoms with Crippen molar-refractivity contribution in [3.8, 4) is 0 Å². The highest BCUT2D eigenvalue weighted by Gasteiger charge is 2.34. The van der Waals surface area contributed by atoms with Gasteiger partial charge in [0.1, 0.15) is 0 Å². The summed E-state index contributed by atoms with van der Waals surface area (Å²) in [7, 11) is 0. The highest BCUT2D eigenvalue weighted by Crippen LogP contribution is 2.33. The van der Waals surface area contributed by atoms with Gasteiger partial charge in [0.05, 0.1) is 18.1 Å². The molecule has 5 nitrogen and oxygen atoms in total. The minimum absolute atomic E-state index is 0.349. The minimum Gasteiger partial charge on any atom is -0.381 e. The molecule has 1 aromatic heterocycles. The molecule has 3 heterocycles. The van der Waals surface area contributed by atoms with Crippen LogP contribution in [0.2, 0.25) is 0 Å². The Kier molecular flexibility index (Phi) is 3.13. The zero-order chi connectivity index (χ0) is 11.7. The van der Waals surface area contributed by atoms with E-state index in [1.54, 1.807) is 6.33 Å². The Morgan fingerprint density at radius 2 is 2.24 bits per heavy atom. The number of imidazole rings is 1. The van der Waals surface area contributed by atoms with Crippen LogP contribution in [0.15, 0.2) is 6.33 Å². The van der Waals surface area contributed by atoms with Gasteiger partial charge in [-0.3, -0.25) is 0 Å². The van der Waals surface area contributed by atoms with Gasteiger partial charge in [-0.05, 0) is 18.8 Å². The van der Waals surface area contributed by atoms with Crippen molar-refractivity contribution in [1.29, 1.82) is 0 Å².